The molecule has 2 heterocycles. The number of hydrogen-bond acceptors (Lipinski definition) is 7. The Morgan fingerprint density at radius 1 is 1.16 bits per heavy atom. The summed E-state index contributed by atoms with van der Waals surface area (Å²) < 4.78 is 30.2. The lowest BCUT2D eigenvalue weighted by atomic mass is 10.1. The second kappa shape index (κ2) is 10.9. The Morgan fingerprint density at radius 3 is 2.56 bits per heavy atom. The number of nitrogens with one attached hydrogen (secondary N) is 1. The normalized spacial score (nSPS) is 20.5. The molecular formula is C22H22F2N4O2S2. The summed E-state index contributed by atoms with van der Waals surface area (Å²) in [6, 6.07) is 14.9. The van der Waals surface area contributed by atoms with Crippen molar-refractivity contribution in [2.24, 2.45) is 10.2 Å². The standard InChI is InChI=1S/C22H22F2N4O2S2/c23-21(24)31-18-7-3-15(4-8-18)13-19-20(29)26-22(32-19)27-25-14-16-1-5-17(6-2-16)28-9-11-30-12-10-28/h1-8,14,19,21H,9-13H2,(H,26,27,29). The van der Waals surface area contributed by atoms with E-state index in [1.54, 1.807) is 30.5 Å². The quantitative estimate of drug-likeness (QED) is 0.372. The number of benzene rings is 2. The zero-order valence-corrected chi connectivity index (χ0v) is 18.7. The molecule has 4 rings (SSSR count). The van der Waals surface area contributed by atoms with E-state index < -0.39 is 5.76 Å². The van der Waals surface area contributed by atoms with E-state index in [-0.39, 0.29) is 11.2 Å². The number of amidine groups is 1. The Balaban J connectivity index is 1.30. The summed E-state index contributed by atoms with van der Waals surface area (Å²) in [7, 11) is 0. The van der Waals surface area contributed by atoms with Crippen LogP contribution in [0.1, 0.15) is 11.1 Å². The molecule has 0 spiro atoms. The molecule has 0 radical (unpaired) electrons. The maximum Gasteiger partial charge on any atom is 0.288 e. The van der Waals surface area contributed by atoms with Crippen LogP contribution in [0, 0.1) is 0 Å². The summed E-state index contributed by atoms with van der Waals surface area (Å²) in [6.07, 6.45) is 2.14. The van der Waals surface area contributed by atoms with Gasteiger partial charge in [0.05, 0.1) is 24.7 Å². The van der Waals surface area contributed by atoms with Gasteiger partial charge in [-0.05, 0) is 41.8 Å². The average Bonchev–Trinajstić information content (AvgIpc) is 3.15. The Morgan fingerprint density at radius 2 is 1.88 bits per heavy atom. The topological polar surface area (TPSA) is 66.3 Å². The smallest absolute Gasteiger partial charge is 0.288 e. The highest BCUT2D eigenvalue weighted by Gasteiger charge is 2.30. The minimum absolute atomic E-state index is 0.134. The van der Waals surface area contributed by atoms with Crippen molar-refractivity contribution in [3.05, 3.63) is 59.7 Å². The van der Waals surface area contributed by atoms with Crippen molar-refractivity contribution in [3.63, 3.8) is 0 Å². The molecule has 2 aromatic rings. The Labute approximate surface area is 193 Å². The van der Waals surface area contributed by atoms with Crippen LogP contribution in [0.15, 0.2) is 63.6 Å². The Bertz CT molecular complexity index is 978. The lowest BCUT2D eigenvalue weighted by Gasteiger charge is -2.28. The summed E-state index contributed by atoms with van der Waals surface area (Å²) in [5.74, 6) is -2.58. The molecule has 0 saturated carbocycles. The number of ether oxygens (including phenoxy) is 1. The second-order valence-electron chi connectivity index (χ2n) is 7.16. The van der Waals surface area contributed by atoms with Crippen molar-refractivity contribution in [1.82, 2.24) is 5.32 Å². The van der Waals surface area contributed by atoms with Crippen molar-refractivity contribution < 1.29 is 18.3 Å². The predicted molar refractivity (Wildman–Crippen MR) is 126 cm³/mol. The van der Waals surface area contributed by atoms with Crippen molar-refractivity contribution in [2.75, 3.05) is 31.2 Å². The summed E-state index contributed by atoms with van der Waals surface area (Å²) in [6.45, 7) is 3.26. The van der Waals surface area contributed by atoms with Gasteiger partial charge >= 0.3 is 0 Å². The number of anilines is 1. The van der Waals surface area contributed by atoms with Crippen LogP contribution in [-0.4, -0.2) is 54.6 Å². The van der Waals surface area contributed by atoms with Gasteiger partial charge in [-0.25, -0.2) is 0 Å². The van der Waals surface area contributed by atoms with E-state index in [4.69, 9.17) is 4.74 Å². The van der Waals surface area contributed by atoms with Gasteiger partial charge in [0.1, 0.15) is 0 Å². The van der Waals surface area contributed by atoms with E-state index in [1.807, 2.05) is 24.3 Å². The van der Waals surface area contributed by atoms with Crippen LogP contribution < -0.4 is 10.2 Å². The molecule has 0 bridgehead atoms. The molecule has 10 heteroatoms. The third kappa shape index (κ3) is 6.30. The molecule has 0 aliphatic carbocycles. The maximum atomic E-state index is 12.4. The number of morpholine rings is 1. The van der Waals surface area contributed by atoms with Crippen LogP contribution in [0.3, 0.4) is 0 Å². The summed E-state index contributed by atoms with van der Waals surface area (Å²) in [5, 5.41) is 11.1. The van der Waals surface area contributed by atoms with Gasteiger partial charge in [-0.3, -0.25) is 4.79 Å². The molecule has 1 atom stereocenters. The highest BCUT2D eigenvalue weighted by molar-refractivity contribution is 8.15. The number of thioether (sulfide) groups is 2. The molecule has 2 aliphatic rings. The van der Waals surface area contributed by atoms with Gasteiger partial charge in [-0.1, -0.05) is 47.8 Å². The lowest BCUT2D eigenvalue weighted by molar-refractivity contribution is -0.118. The summed E-state index contributed by atoms with van der Waals surface area (Å²) >= 11 is 1.82. The van der Waals surface area contributed by atoms with Gasteiger partial charge in [0.15, 0.2) is 5.17 Å². The number of carbonyl (C=O) groups excluding carboxylic acids is 1. The van der Waals surface area contributed by atoms with Crippen LogP contribution >= 0.6 is 23.5 Å². The average molecular weight is 477 g/mol. The molecule has 0 aromatic heterocycles. The molecule has 168 valence electrons. The van der Waals surface area contributed by atoms with Crippen molar-refractivity contribution in [3.8, 4) is 0 Å². The number of halogens is 2. The third-order valence-corrected chi connectivity index (χ3v) is 6.77. The molecule has 1 N–H and O–H groups in total. The highest BCUT2D eigenvalue weighted by Crippen LogP contribution is 2.27. The van der Waals surface area contributed by atoms with Crippen molar-refractivity contribution >= 4 is 46.5 Å². The zero-order chi connectivity index (χ0) is 22.3. The lowest BCUT2D eigenvalue weighted by Crippen LogP contribution is -2.36. The van der Waals surface area contributed by atoms with E-state index >= 15 is 0 Å². The van der Waals surface area contributed by atoms with E-state index in [9.17, 15) is 13.6 Å². The first kappa shape index (κ1) is 22.8. The van der Waals surface area contributed by atoms with E-state index in [2.05, 4.69) is 20.4 Å². The van der Waals surface area contributed by atoms with Crippen LogP contribution in [0.25, 0.3) is 0 Å². The molecule has 2 saturated heterocycles. The first-order valence-electron chi connectivity index (χ1n) is 10.1. The number of hydrogen-bond donors (Lipinski definition) is 1. The molecule has 2 fully saturated rings. The zero-order valence-electron chi connectivity index (χ0n) is 17.1. The van der Waals surface area contributed by atoms with Crippen LogP contribution in [0.5, 0.6) is 0 Å². The van der Waals surface area contributed by atoms with E-state index in [1.165, 1.54) is 11.8 Å². The molecule has 1 unspecified atom stereocenters. The fourth-order valence-corrected chi connectivity index (χ4v) is 4.81. The molecule has 2 aliphatic heterocycles. The molecule has 6 nitrogen and oxygen atoms in total. The number of alkyl halides is 2. The number of amides is 1. The number of rotatable bonds is 7. The van der Waals surface area contributed by atoms with E-state index in [0.29, 0.717) is 28.2 Å². The van der Waals surface area contributed by atoms with Gasteiger partial charge in [-0.2, -0.15) is 13.9 Å². The van der Waals surface area contributed by atoms with Gasteiger partial charge < -0.3 is 15.0 Å². The van der Waals surface area contributed by atoms with Gasteiger partial charge in [-0.15, -0.1) is 5.10 Å². The first-order chi connectivity index (χ1) is 15.6. The predicted octanol–water partition coefficient (Wildman–Crippen LogP) is 4.00. The van der Waals surface area contributed by atoms with Gasteiger partial charge in [0.2, 0.25) is 5.91 Å². The minimum Gasteiger partial charge on any atom is -0.378 e. The maximum absolute atomic E-state index is 12.4. The number of nitrogens with zero attached hydrogens (tertiary/aromatic N) is 3. The Hall–Kier alpha value is -2.43. The third-order valence-electron chi connectivity index (χ3n) is 4.97. The minimum atomic E-state index is -2.45. The van der Waals surface area contributed by atoms with Crippen LogP contribution in [-0.2, 0) is 16.0 Å². The molecule has 2 aromatic carbocycles. The van der Waals surface area contributed by atoms with E-state index in [0.717, 1.165) is 43.1 Å². The first-order valence-corrected chi connectivity index (χ1v) is 11.9. The molecule has 32 heavy (non-hydrogen) atoms. The van der Waals surface area contributed by atoms with Gasteiger partial charge in [0, 0.05) is 23.7 Å². The molecular weight excluding hydrogens is 454 g/mol. The highest BCUT2D eigenvalue weighted by atomic mass is 32.2. The van der Waals surface area contributed by atoms with Crippen molar-refractivity contribution in [2.45, 2.75) is 22.3 Å². The Kier molecular flexibility index (Phi) is 7.77. The molecule has 1 amide bonds. The number of carbonyl (C=O) groups is 1. The SMILES string of the molecule is O=C1NC(=NN=Cc2ccc(N3CCOCC3)cc2)SC1Cc1ccc(SC(F)F)cc1. The summed E-state index contributed by atoms with van der Waals surface area (Å²) in [4.78, 5) is 15.0. The van der Waals surface area contributed by atoms with Crippen molar-refractivity contribution in [1.29, 1.82) is 0 Å². The second-order valence-corrected chi connectivity index (χ2v) is 9.42. The monoisotopic (exact) mass is 476 g/mol. The van der Waals surface area contributed by atoms with Gasteiger partial charge in [0.25, 0.3) is 5.76 Å². The van der Waals surface area contributed by atoms with Crippen LogP contribution in [0.4, 0.5) is 14.5 Å². The largest absolute Gasteiger partial charge is 0.378 e. The summed E-state index contributed by atoms with van der Waals surface area (Å²) in [5.41, 5.74) is 2.97. The van der Waals surface area contributed by atoms with Crippen LogP contribution in [0.2, 0.25) is 0 Å². The fourth-order valence-electron chi connectivity index (χ4n) is 3.35. The fraction of sp³-hybridized carbons (Fsp3) is 0.318.